The molecule has 0 saturated carbocycles. The van der Waals surface area contributed by atoms with Crippen molar-refractivity contribution >= 4 is 5.97 Å². The van der Waals surface area contributed by atoms with Crippen molar-refractivity contribution in [3.63, 3.8) is 0 Å². The van der Waals surface area contributed by atoms with E-state index < -0.39 is 5.97 Å². The van der Waals surface area contributed by atoms with Crippen LogP contribution in [-0.2, 0) is 6.42 Å². The van der Waals surface area contributed by atoms with Gasteiger partial charge >= 0.3 is 5.97 Å². The maximum Gasteiger partial charge on any atom is 0.337 e. The molecule has 94 valence electrons. The lowest BCUT2D eigenvalue weighted by molar-refractivity contribution is 0.0696. The van der Waals surface area contributed by atoms with Gasteiger partial charge in [-0.05, 0) is 25.0 Å². The number of nitrogens with zero attached hydrogens (tertiary/aromatic N) is 4. The number of carboxylic acid groups (broad SMARTS) is 1. The fourth-order valence-corrected chi connectivity index (χ4v) is 1.43. The summed E-state index contributed by atoms with van der Waals surface area (Å²) >= 11 is 0. The Morgan fingerprint density at radius 3 is 2.83 bits per heavy atom. The number of aromatic nitrogens is 4. The van der Waals surface area contributed by atoms with Crippen LogP contribution in [0.15, 0.2) is 24.5 Å². The SMILES string of the molecule is O=C(O)c1ccc(-n2cc(CCCO)nn2)nc1. The molecule has 0 spiro atoms. The first kappa shape index (κ1) is 12.2. The Hall–Kier alpha value is -2.28. The van der Waals surface area contributed by atoms with E-state index in [4.69, 9.17) is 10.2 Å². The number of carboxylic acids is 1. The number of carbonyl (C=O) groups is 1. The van der Waals surface area contributed by atoms with Crippen LogP contribution in [0.2, 0.25) is 0 Å². The highest BCUT2D eigenvalue weighted by Crippen LogP contribution is 2.06. The quantitative estimate of drug-likeness (QED) is 0.788. The lowest BCUT2D eigenvalue weighted by Crippen LogP contribution is -2.01. The zero-order valence-corrected chi connectivity index (χ0v) is 9.52. The van der Waals surface area contributed by atoms with E-state index in [9.17, 15) is 4.79 Å². The molecule has 2 rings (SSSR count). The van der Waals surface area contributed by atoms with Gasteiger partial charge in [-0.3, -0.25) is 0 Å². The molecule has 0 aliphatic rings. The van der Waals surface area contributed by atoms with E-state index in [1.165, 1.54) is 16.9 Å². The molecular weight excluding hydrogens is 236 g/mol. The zero-order valence-electron chi connectivity index (χ0n) is 9.52. The number of aryl methyl sites for hydroxylation is 1. The average molecular weight is 248 g/mol. The molecule has 0 aliphatic heterocycles. The van der Waals surface area contributed by atoms with Crippen LogP contribution in [0.5, 0.6) is 0 Å². The molecule has 2 N–H and O–H groups in total. The minimum Gasteiger partial charge on any atom is -0.478 e. The molecule has 2 aromatic heterocycles. The van der Waals surface area contributed by atoms with Crippen LogP contribution in [0.4, 0.5) is 0 Å². The van der Waals surface area contributed by atoms with Crippen LogP contribution in [0.3, 0.4) is 0 Å². The van der Waals surface area contributed by atoms with Crippen molar-refractivity contribution in [1.82, 2.24) is 20.0 Å². The summed E-state index contributed by atoms with van der Waals surface area (Å²) in [5, 5.41) is 25.3. The van der Waals surface area contributed by atoms with Gasteiger partial charge in [0, 0.05) is 12.8 Å². The van der Waals surface area contributed by atoms with E-state index in [2.05, 4.69) is 15.3 Å². The molecular formula is C11H12N4O3. The summed E-state index contributed by atoms with van der Waals surface area (Å²) in [5.41, 5.74) is 0.882. The molecule has 0 unspecified atom stereocenters. The fraction of sp³-hybridized carbons (Fsp3) is 0.273. The van der Waals surface area contributed by atoms with E-state index in [-0.39, 0.29) is 12.2 Å². The summed E-state index contributed by atoms with van der Waals surface area (Å²) in [6, 6.07) is 3.02. The van der Waals surface area contributed by atoms with Crippen molar-refractivity contribution in [2.24, 2.45) is 0 Å². The standard InChI is InChI=1S/C11H12N4O3/c16-5-1-2-9-7-15(14-13-9)10-4-3-8(6-12-10)11(17)18/h3-4,6-7,16H,1-2,5H2,(H,17,18). The first-order valence-electron chi connectivity index (χ1n) is 5.42. The summed E-state index contributed by atoms with van der Waals surface area (Å²) < 4.78 is 1.47. The Labute approximate surface area is 103 Å². The van der Waals surface area contributed by atoms with E-state index in [0.29, 0.717) is 18.7 Å². The van der Waals surface area contributed by atoms with E-state index in [1.807, 2.05) is 0 Å². The average Bonchev–Trinajstić information content (AvgIpc) is 2.85. The minimum atomic E-state index is -1.02. The third kappa shape index (κ3) is 2.69. The summed E-state index contributed by atoms with van der Waals surface area (Å²) in [6.45, 7) is 0.110. The molecule has 0 bridgehead atoms. The third-order valence-corrected chi connectivity index (χ3v) is 2.36. The first-order chi connectivity index (χ1) is 8.70. The van der Waals surface area contributed by atoms with Crippen LogP contribution < -0.4 is 0 Å². The van der Waals surface area contributed by atoms with Crippen LogP contribution >= 0.6 is 0 Å². The number of pyridine rings is 1. The molecule has 0 amide bonds. The van der Waals surface area contributed by atoms with Gasteiger partial charge in [0.05, 0.1) is 17.5 Å². The summed E-state index contributed by atoms with van der Waals surface area (Å²) in [7, 11) is 0. The Morgan fingerprint density at radius 2 is 2.22 bits per heavy atom. The van der Waals surface area contributed by atoms with Crippen LogP contribution in [0.1, 0.15) is 22.5 Å². The second-order valence-electron chi connectivity index (χ2n) is 3.69. The lowest BCUT2D eigenvalue weighted by Gasteiger charge is -1.99. The molecule has 7 heteroatoms. The van der Waals surface area contributed by atoms with Crippen molar-refractivity contribution in [3.8, 4) is 5.82 Å². The van der Waals surface area contributed by atoms with Crippen molar-refractivity contribution in [2.75, 3.05) is 6.61 Å². The van der Waals surface area contributed by atoms with Gasteiger partial charge in [-0.1, -0.05) is 5.21 Å². The van der Waals surface area contributed by atoms with Crippen LogP contribution in [-0.4, -0.2) is 42.8 Å². The maximum atomic E-state index is 10.7. The van der Waals surface area contributed by atoms with Gasteiger partial charge in [-0.25, -0.2) is 14.5 Å². The van der Waals surface area contributed by atoms with E-state index in [1.54, 1.807) is 12.3 Å². The Morgan fingerprint density at radius 1 is 1.39 bits per heavy atom. The monoisotopic (exact) mass is 248 g/mol. The number of rotatable bonds is 5. The smallest absolute Gasteiger partial charge is 0.337 e. The van der Waals surface area contributed by atoms with Crippen molar-refractivity contribution in [2.45, 2.75) is 12.8 Å². The molecule has 0 saturated heterocycles. The molecule has 18 heavy (non-hydrogen) atoms. The number of aliphatic hydroxyl groups excluding tert-OH is 1. The predicted octanol–water partition coefficient (Wildman–Crippen LogP) is 0.285. The van der Waals surface area contributed by atoms with E-state index >= 15 is 0 Å². The van der Waals surface area contributed by atoms with Crippen LogP contribution in [0.25, 0.3) is 5.82 Å². The van der Waals surface area contributed by atoms with Crippen molar-refractivity contribution in [3.05, 3.63) is 35.8 Å². The number of aromatic carboxylic acids is 1. The van der Waals surface area contributed by atoms with Crippen molar-refractivity contribution < 1.29 is 15.0 Å². The van der Waals surface area contributed by atoms with Gasteiger partial charge in [-0.2, -0.15) is 0 Å². The number of hydrogen-bond donors (Lipinski definition) is 2. The minimum absolute atomic E-state index is 0.110. The molecule has 2 aromatic rings. The highest BCUT2D eigenvalue weighted by atomic mass is 16.4. The maximum absolute atomic E-state index is 10.7. The first-order valence-corrected chi connectivity index (χ1v) is 5.42. The summed E-state index contributed by atoms with van der Waals surface area (Å²) in [5.74, 6) is -0.515. The lowest BCUT2D eigenvalue weighted by atomic mass is 10.2. The Balaban J connectivity index is 2.15. The molecule has 0 atom stereocenters. The summed E-state index contributed by atoms with van der Waals surface area (Å²) in [4.78, 5) is 14.7. The normalized spacial score (nSPS) is 10.5. The molecule has 0 aromatic carbocycles. The third-order valence-electron chi connectivity index (χ3n) is 2.36. The number of aliphatic hydroxyl groups is 1. The highest BCUT2D eigenvalue weighted by Gasteiger charge is 2.06. The van der Waals surface area contributed by atoms with E-state index in [0.717, 1.165) is 5.69 Å². The largest absolute Gasteiger partial charge is 0.478 e. The molecule has 0 fully saturated rings. The highest BCUT2D eigenvalue weighted by molar-refractivity contribution is 5.87. The Kier molecular flexibility index (Phi) is 3.63. The van der Waals surface area contributed by atoms with Gasteiger partial charge in [-0.15, -0.1) is 5.10 Å². The molecule has 7 nitrogen and oxygen atoms in total. The fourth-order valence-electron chi connectivity index (χ4n) is 1.43. The second kappa shape index (κ2) is 5.37. The Bertz CT molecular complexity index is 535. The topological polar surface area (TPSA) is 101 Å². The van der Waals surface area contributed by atoms with Gasteiger partial charge in [0.1, 0.15) is 0 Å². The number of hydrogen-bond acceptors (Lipinski definition) is 5. The zero-order chi connectivity index (χ0) is 13.0. The summed E-state index contributed by atoms with van der Waals surface area (Å²) in [6.07, 6.45) is 4.25. The molecule has 0 radical (unpaired) electrons. The van der Waals surface area contributed by atoms with Gasteiger partial charge in [0.25, 0.3) is 0 Å². The molecule has 2 heterocycles. The predicted molar refractivity (Wildman–Crippen MR) is 61.5 cm³/mol. The van der Waals surface area contributed by atoms with Gasteiger partial charge < -0.3 is 10.2 Å². The molecule has 0 aliphatic carbocycles. The van der Waals surface area contributed by atoms with Gasteiger partial charge in [0.15, 0.2) is 5.82 Å². The second-order valence-corrected chi connectivity index (χ2v) is 3.69. The van der Waals surface area contributed by atoms with Gasteiger partial charge in [0.2, 0.25) is 0 Å². The van der Waals surface area contributed by atoms with Crippen molar-refractivity contribution in [1.29, 1.82) is 0 Å². The van der Waals surface area contributed by atoms with Crippen LogP contribution in [0, 0.1) is 0 Å².